The van der Waals surface area contributed by atoms with E-state index in [1.54, 1.807) is 0 Å². The molecule has 1 aromatic rings. The molecule has 1 heterocycles. The Bertz CT molecular complexity index is 322. The Kier molecular flexibility index (Phi) is 2.21. The minimum atomic E-state index is -0.123. The fourth-order valence-electron chi connectivity index (χ4n) is 1.90. The van der Waals surface area contributed by atoms with Gasteiger partial charge in [-0.15, -0.1) is 0 Å². The highest BCUT2D eigenvalue weighted by Crippen LogP contribution is 2.39. The van der Waals surface area contributed by atoms with E-state index >= 15 is 0 Å². The number of rotatable bonds is 1. The van der Waals surface area contributed by atoms with Crippen molar-refractivity contribution in [3.63, 3.8) is 0 Å². The van der Waals surface area contributed by atoms with Crippen LogP contribution in [0.4, 0.5) is 0 Å². The highest BCUT2D eigenvalue weighted by atomic mass is 16.3. The molecule has 0 aromatic heterocycles. The Morgan fingerprint density at radius 3 is 2.29 bits per heavy atom. The van der Waals surface area contributed by atoms with Gasteiger partial charge in [0.05, 0.1) is 5.56 Å². The van der Waals surface area contributed by atoms with Crippen LogP contribution in [-0.2, 0) is 0 Å². The molecule has 1 saturated heterocycles. The predicted octanol–water partition coefficient (Wildman–Crippen LogP) is 1.23. The summed E-state index contributed by atoms with van der Waals surface area (Å²) in [5.74, 6) is -0.231. The van der Waals surface area contributed by atoms with Gasteiger partial charge in [0.1, 0.15) is 17.2 Å². The van der Waals surface area contributed by atoms with Crippen molar-refractivity contribution in [3.05, 3.63) is 17.7 Å². The molecule has 0 radical (unpaired) electrons. The normalized spacial score (nSPS) is 21.3. The molecule has 0 aliphatic carbocycles. The number of phenolic OH excluding ortho intramolecular Hbond substituents is 3. The summed E-state index contributed by atoms with van der Waals surface area (Å²) in [7, 11) is 0. The van der Waals surface area contributed by atoms with E-state index in [0.29, 0.717) is 5.56 Å². The minimum absolute atomic E-state index is 0.00407. The van der Waals surface area contributed by atoms with Crippen molar-refractivity contribution in [1.29, 1.82) is 0 Å². The first-order valence-corrected chi connectivity index (χ1v) is 4.66. The summed E-state index contributed by atoms with van der Waals surface area (Å²) in [5, 5.41) is 31.4. The lowest BCUT2D eigenvalue weighted by atomic mass is 10.0. The van der Waals surface area contributed by atoms with Crippen molar-refractivity contribution < 1.29 is 15.3 Å². The molecule has 1 fully saturated rings. The number of phenols is 3. The second kappa shape index (κ2) is 3.38. The van der Waals surface area contributed by atoms with Crippen LogP contribution >= 0.6 is 0 Å². The van der Waals surface area contributed by atoms with E-state index in [0.717, 1.165) is 19.4 Å². The van der Waals surface area contributed by atoms with Crippen LogP contribution in [-0.4, -0.2) is 21.9 Å². The van der Waals surface area contributed by atoms with E-state index in [1.165, 1.54) is 12.1 Å². The van der Waals surface area contributed by atoms with Gasteiger partial charge in [-0.3, -0.25) is 0 Å². The first kappa shape index (κ1) is 9.15. The molecule has 1 aromatic carbocycles. The van der Waals surface area contributed by atoms with Crippen LogP contribution in [0.5, 0.6) is 17.2 Å². The zero-order valence-corrected chi connectivity index (χ0v) is 7.70. The zero-order chi connectivity index (χ0) is 10.1. The smallest absolute Gasteiger partial charge is 0.127 e. The summed E-state index contributed by atoms with van der Waals surface area (Å²) in [5.41, 5.74) is 0.486. The molecule has 1 aliphatic rings. The van der Waals surface area contributed by atoms with Gasteiger partial charge in [0.15, 0.2) is 0 Å². The second-order valence-electron chi connectivity index (χ2n) is 3.55. The van der Waals surface area contributed by atoms with Crippen LogP contribution in [0.1, 0.15) is 24.4 Å². The molecule has 4 heteroatoms. The molecule has 14 heavy (non-hydrogen) atoms. The number of hydrogen-bond donors (Lipinski definition) is 4. The number of hydrogen-bond acceptors (Lipinski definition) is 4. The summed E-state index contributed by atoms with van der Waals surface area (Å²) in [6, 6.07) is 2.49. The van der Waals surface area contributed by atoms with E-state index in [2.05, 4.69) is 5.32 Å². The Morgan fingerprint density at radius 2 is 1.79 bits per heavy atom. The molecule has 4 N–H and O–H groups in total. The van der Waals surface area contributed by atoms with Crippen molar-refractivity contribution in [2.24, 2.45) is 0 Å². The standard InChI is InChI=1S/C10H13NO3/c12-6-4-8(13)10(9(14)5-6)7-2-1-3-11-7/h4-5,7,11-14H,1-3H2. The van der Waals surface area contributed by atoms with Gasteiger partial charge in [0, 0.05) is 18.2 Å². The molecule has 1 atom stereocenters. The van der Waals surface area contributed by atoms with Gasteiger partial charge in [0.25, 0.3) is 0 Å². The third-order valence-corrected chi connectivity index (χ3v) is 2.53. The van der Waals surface area contributed by atoms with Crippen molar-refractivity contribution in [2.75, 3.05) is 6.54 Å². The summed E-state index contributed by atoms with van der Waals surface area (Å²) in [6.07, 6.45) is 1.93. The average Bonchev–Trinajstić information content (AvgIpc) is 2.54. The van der Waals surface area contributed by atoms with Gasteiger partial charge in [-0.25, -0.2) is 0 Å². The van der Waals surface area contributed by atoms with Crippen molar-refractivity contribution in [3.8, 4) is 17.2 Å². The average molecular weight is 195 g/mol. The quantitative estimate of drug-likeness (QED) is 0.544. The topological polar surface area (TPSA) is 72.7 Å². The largest absolute Gasteiger partial charge is 0.508 e. The van der Waals surface area contributed by atoms with Crippen molar-refractivity contribution in [1.82, 2.24) is 5.32 Å². The van der Waals surface area contributed by atoms with E-state index in [-0.39, 0.29) is 23.3 Å². The van der Waals surface area contributed by atoms with E-state index in [9.17, 15) is 10.2 Å². The van der Waals surface area contributed by atoms with Crippen LogP contribution < -0.4 is 5.32 Å². The Morgan fingerprint density at radius 1 is 1.14 bits per heavy atom. The van der Waals surface area contributed by atoms with Crippen LogP contribution in [0, 0.1) is 0 Å². The van der Waals surface area contributed by atoms with Gasteiger partial charge < -0.3 is 20.6 Å². The first-order valence-electron chi connectivity index (χ1n) is 4.66. The Hall–Kier alpha value is -1.42. The lowest BCUT2D eigenvalue weighted by Gasteiger charge is -2.14. The lowest BCUT2D eigenvalue weighted by molar-refractivity contribution is 0.408. The molecular formula is C10H13NO3. The Balaban J connectivity index is 2.40. The fourth-order valence-corrected chi connectivity index (χ4v) is 1.90. The SMILES string of the molecule is Oc1cc(O)c(C2CCCN2)c(O)c1. The number of benzene rings is 1. The van der Waals surface area contributed by atoms with Crippen LogP contribution in [0.15, 0.2) is 12.1 Å². The lowest BCUT2D eigenvalue weighted by Crippen LogP contribution is -2.13. The zero-order valence-electron chi connectivity index (χ0n) is 7.70. The predicted molar refractivity (Wildman–Crippen MR) is 51.4 cm³/mol. The minimum Gasteiger partial charge on any atom is -0.508 e. The molecule has 1 aliphatic heterocycles. The van der Waals surface area contributed by atoms with Crippen molar-refractivity contribution in [2.45, 2.75) is 18.9 Å². The second-order valence-corrected chi connectivity index (χ2v) is 3.55. The molecule has 76 valence electrons. The first-order chi connectivity index (χ1) is 6.68. The fraction of sp³-hybridized carbons (Fsp3) is 0.400. The van der Waals surface area contributed by atoms with Gasteiger partial charge in [-0.05, 0) is 19.4 Å². The van der Waals surface area contributed by atoms with Crippen molar-refractivity contribution >= 4 is 0 Å². The summed E-state index contributed by atoms with van der Waals surface area (Å²) in [4.78, 5) is 0. The maximum absolute atomic E-state index is 9.57. The van der Waals surface area contributed by atoms with E-state index < -0.39 is 0 Å². The molecule has 0 saturated carbocycles. The van der Waals surface area contributed by atoms with Gasteiger partial charge in [0.2, 0.25) is 0 Å². The monoisotopic (exact) mass is 195 g/mol. The maximum atomic E-state index is 9.57. The van der Waals surface area contributed by atoms with Crippen LogP contribution in [0.2, 0.25) is 0 Å². The molecule has 1 unspecified atom stereocenters. The highest BCUT2D eigenvalue weighted by molar-refractivity contribution is 5.50. The molecular weight excluding hydrogens is 182 g/mol. The molecule has 0 bridgehead atoms. The van der Waals surface area contributed by atoms with Gasteiger partial charge in [-0.2, -0.15) is 0 Å². The molecule has 4 nitrogen and oxygen atoms in total. The third kappa shape index (κ3) is 1.48. The number of nitrogens with one attached hydrogen (secondary N) is 1. The highest BCUT2D eigenvalue weighted by Gasteiger charge is 2.23. The van der Waals surface area contributed by atoms with Crippen LogP contribution in [0.3, 0.4) is 0 Å². The van der Waals surface area contributed by atoms with E-state index in [1.807, 2.05) is 0 Å². The van der Waals surface area contributed by atoms with E-state index in [4.69, 9.17) is 5.11 Å². The molecule has 2 rings (SSSR count). The number of aromatic hydroxyl groups is 3. The van der Waals surface area contributed by atoms with Crippen LogP contribution in [0.25, 0.3) is 0 Å². The maximum Gasteiger partial charge on any atom is 0.127 e. The van der Waals surface area contributed by atoms with Gasteiger partial charge >= 0.3 is 0 Å². The molecule has 0 amide bonds. The summed E-state index contributed by atoms with van der Waals surface area (Å²) >= 11 is 0. The van der Waals surface area contributed by atoms with Gasteiger partial charge in [-0.1, -0.05) is 0 Å². The summed E-state index contributed by atoms with van der Waals surface area (Å²) < 4.78 is 0. The molecule has 0 spiro atoms. The summed E-state index contributed by atoms with van der Waals surface area (Å²) in [6.45, 7) is 0.893. The Labute approximate surface area is 81.8 Å². The third-order valence-electron chi connectivity index (χ3n) is 2.53.